The third-order valence-corrected chi connectivity index (χ3v) is 7.66. The van der Waals surface area contributed by atoms with Crippen LogP contribution in [0.15, 0.2) is 95.5 Å². The van der Waals surface area contributed by atoms with Crippen molar-refractivity contribution in [2.45, 2.75) is 37.9 Å². The Labute approximate surface area is 267 Å². The topological polar surface area (TPSA) is 126 Å². The second-order valence-electron chi connectivity index (χ2n) is 9.57. The molecule has 0 aliphatic heterocycles. The number of aryl methyl sites for hydroxylation is 1. The molecule has 10 nitrogen and oxygen atoms in total. The molecule has 0 aliphatic rings. The van der Waals surface area contributed by atoms with E-state index < -0.39 is 16.5 Å². The largest absolute Gasteiger partial charge is 0.573 e. The summed E-state index contributed by atoms with van der Waals surface area (Å²) >= 11 is 1.45. The minimum Gasteiger partial charge on any atom is -0.487 e. The summed E-state index contributed by atoms with van der Waals surface area (Å²) in [5.74, 6) is 0.467. The summed E-state index contributed by atoms with van der Waals surface area (Å²) < 4.78 is 83.3. The van der Waals surface area contributed by atoms with E-state index in [2.05, 4.69) is 20.0 Å². The molecule has 0 fully saturated rings. The smallest absolute Gasteiger partial charge is 0.487 e. The lowest BCUT2D eigenvalue weighted by Gasteiger charge is -2.08. The number of benzene rings is 3. The fourth-order valence-corrected chi connectivity index (χ4v) is 4.84. The van der Waals surface area contributed by atoms with Crippen molar-refractivity contribution in [3.05, 3.63) is 118 Å². The highest BCUT2D eigenvalue weighted by molar-refractivity contribution is 7.85. The molecule has 242 valence electrons. The highest BCUT2D eigenvalue weighted by atomic mass is 32.2. The van der Waals surface area contributed by atoms with Crippen LogP contribution in [0.1, 0.15) is 27.4 Å². The Bertz CT molecular complexity index is 1780. The number of alkyl halides is 3. The number of hydrogen-bond donors (Lipinski definition) is 1. The minimum atomic E-state index is -4.70. The molecule has 1 N–H and O–H groups in total. The van der Waals surface area contributed by atoms with Crippen molar-refractivity contribution in [3.63, 3.8) is 0 Å². The Hall–Kier alpha value is -4.57. The molecule has 46 heavy (non-hydrogen) atoms. The molecule has 0 saturated carbocycles. The van der Waals surface area contributed by atoms with Crippen LogP contribution >= 0.6 is 11.3 Å². The average molecular weight is 675 g/mol. The molecular formula is C31H29F3N4O6S2. The van der Waals surface area contributed by atoms with Crippen LogP contribution in [0.25, 0.3) is 12.2 Å². The molecule has 2 aromatic heterocycles. The average Bonchev–Trinajstić information content (AvgIpc) is 3.70. The molecule has 5 rings (SSSR count). The van der Waals surface area contributed by atoms with Gasteiger partial charge < -0.3 is 14.2 Å². The van der Waals surface area contributed by atoms with E-state index in [1.165, 1.54) is 35.6 Å². The number of thiazole rings is 1. The highest BCUT2D eigenvalue weighted by Gasteiger charge is 2.30. The third-order valence-electron chi connectivity index (χ3n) is 5.94. The van der Waals surface area contributed by atoms with Gasteiger partial charge in [-0.2, -0.15) is 8.42 Å². The van der Waals surface area contributed by atoms with Gasteiger partial charge in [-0.25, -0.2) is 4.98 Å². The molecule has 0 spiro atoms. The van der Waals surface area contributed by atoms with Crippen LogP contribution < -0.4 is 9.47 Å². The van der Waals surface area contributed by atoms with Crippen LogP contribution in [0.2, 0.25) is 0 Å². The zero-order valence-electron chi connectivity index (χ0n) is 24.4. The molecule has 0 unspecified atom stereocenters. The molecule has 0 saturated heterocycles. The van der Waals surface area contributed by atoms with Crippen LogP contribution in [-0.2, 0) is 34.6 Å². The van der Waals surface area contributed by atoms with Gasteiger partial charge in [0.1, 0.15) is 23.1 Å². The lowest BCUT2D eigenvalue weighted by molar-refractivity contribution is -0.274. The van der Waals surface area contributed by atoms with Crippen LogP contribution in [0.4, 0.5) is 13.2 Å². The molecule has 0 radical (unpaired) electrons. The van der Waals surface area contributed by atoms with E-state index in [0.29, 0.717) is 26.4 Å². The summed E-state index contributed by atoms with van der Waals surface area (Å²) in [5, 5.41) is 10.3. The van der Waals surface area contributed by atoms with E-state index in [1.807, 2.05) is 36.6 Å². The Morgan fingerprint density at radius 1 is 0.935 bits per heavy atom. The summed E-state index contributed by atoms with van der Waals surface area (Å²) in [5.41, 5.74) is 3.51. The van der Waals surface area contributed by atoms with Gasteiger partial charge in [0.05, 0.1) is 36.5 Å². The second kappa shape index (κ2) is 16.1. The van der Waals surface area contributed by atoms with E-state index in [9.17, 15) is 21.6 Å². The first-order valence-corrected chi connectivity index (χ1v) is 15.9. The van der Waals surface area contributed by atoms with Gasteiger partial charge in [-0.05, 0) is 60.5 Å². The van der Waals surface area contributed by atoms with Crippen LogP contribution in [0, 0.1) is 6.92 Å². The van der Waals surface area contributed by atoms with Gasteiger partial charge in [-0.3, -0.25) is 9.23 Å². The molecule has 5 aromatic rings. The van der Waals surface area contributed by atoms with E-state index in [-0.39, 0.29) is 10.6 Å². The number of aromatic nitrogens is 4. The number of nitrogens with zero attached hydrogens (tertiary/aromatic N) is 4. The maximum absolute atomic E-state index is 12.2. The summed E-state index contributed by atoms with van der Waals surface area (Å²) in [6.07, 6.45) is 2.28. The first-order valence-electron chi connectivity index (χ1n) is 13.6. The summed E-state index contributed by atoms with van der Waals surface area (Å²) in [6.45, 7) is 3.85. The zero-order valence-corrected chi connectivity index (χ0v) is 26.0. The standard InChI is InChI=1S/C24H21F3N4O3S.C7H8O3S/c25-24(26,27)34-22-8-1-18(2-9-22)5-10-23-29-20(17-35-23)16-33-21-6-3-19(4-7-21)15-32-14-13-31-12-11-28-30-31;1-6-2-4-7(5-3-6)11(8,9)10/h1-12,17H,13-16H2;2-5H,1H3,(H,8,9,10). The number of halogens is 3. The fraction of sp³-hybridized carbons (Fsp3) is 0.194. The van der Waals surface area contributed by atoms with Gasteiger partial charge in [0.15, 0.2) is 0 Å². The Morgan fingerprint density at radius 2 is 1.63 bits per heavy atom. The van der Waals surface area contributed by atoms with Crippen molar-refractivity contribution in [1.29, 1.82) is 0 Å². The van der Waals surface area contributed by atoms with Crippen molar-refractivity contribution in [2.75, 3.05) is 6.61 Å². The first-order chi connectivity index (χ1) is 21.9. The van der Waals surface area contributed by atoms with Gasteiger partial charge in [-0.1, -0.05) is 53.3 Å². The van der Waals surface area contributed by atoms with Gasteiger partial charge in [0, 0.05) is 11.6 Å². The normalized spacial score (nSPS) is 11.7. The second-order valence-corrected chi connectivity index (χ2v) is 11.9. The van der Waals surface area contributed by atoms with E-state index in [1.54, 1.807) is 53.5 Å². The summed E-state index contributed by atoms with van der Waals surface area (Å²) in [7, 11) is -4.02. The summed E-state index contributed by atoms with van der Waals surface area (Å²) in [4.78, 5) is 4.43. The predicted octanol–water partition coefficient (Wildman–Crippen LogP) is 6.84. The van der Waals surface area contributed by atoms with Crippen molar-refractivity contribution >= 4 is 33.6 Å². The number of hydrogen-bond acceptors (Lipinski definition) is 9. The number of ether oxygens (including phenoxy) is 3. The maximum atomic E-state index is 12.2. The van der Waals surface area contributed by atoms with E-state index in [0.717, 1.165) is 33.1 Å². The van der Waals surface area contributed by atoms with Crippen molar-refractivity contribution in [3.8, 4) is 11.5 Å². The van der Waals surface area contributed by atoms with Crippen molar-refractivity contribution in [2.24, 2.45) is 0 Å². The Balaban J connectivity index is 0.000000369. The quantitative estimate of drug-likeness (QED) is 0.112. The molecule has 3 aromatic carbocycles. The predicted molar refractivity (Wildman–Crippen MR) is 166 cm³/mol. The lowest BCUT2D eigenvalue weighted by Crippen LogP contribution is -2.16. The Kier molecular flexibility index (Phi) is 12.0. The molecular weight excluding hydrogens is 645 g/mol. The first kappa shape index (κ1) is 34.3. The van der Waals surface area contributed by atoms with Gasteiger partial charge in [0.25, 0.3) is 10.1 Å². The lowest BCUT2D eigenvalue weighted by atomic mass is 10.2. The molecule has 0 bridgehead atoms. The summed E-state index contributed by atoms with van der Waals surface area (Å²) in [6, 6.07) is 19.3. The molecule has 2 heterocycles. The fourth-order valence-electron chi connectivity index (χ4n) is 3.66. The third kappa shape index (κ3) is 12.1. The van der Waals surface area contributed by atoms with Crippen molar-refractivity contribution < 1.29 is 40.4 Å². The van der Waals surface area contributed by atoms with Crippen LogP contribution in [0.5, 0.6) is 11.5 Å². The van der Waals surface area contributed by atoms with E-state index >= 15 is 0 Å². The van der Waals surface area contributed by atoms with Crippen molar-refractivity contribution in [1.82, 2.24) is 20.0 Å². The van der Waals surface area contributed by atoms with Crippen LogP contribution in [-0.4, -0.2) is 45.9 Å². The zero-order chi connectivity index (χ0) is 33.0. The minimum absolute atomic E-state index is 0.0666. The van der Waals surface area contributed by atoms with Gasteiger partial charge in [0.2, 0.25) is 0 Å². The number of rotatable bonds is 12. The van der Waals surface area contributed by atoms with Gasteiger partial charge >= 0.3 is 6.36 Å². The monoisotopic (exact) mass is 674 g/mol. The van der Waals surface area contributed by atoms with Gasteiger partial charge in [-0.15, -0.1) is 29.6 Å². The Morgan fingerprint density at radius 3 is 2.26 bits per heavy atom. The maximum Gasteiger partial charge on any atom is 0.573 e. The van der Waals surface area contributed by atoms with E-state index in [4.69, 9.17) is 14.0 Å². The van der Waals surface area contributed by atoms with Crippen LogP contribution in [0.3, 0.4) is 0 Å². The molecule has 0 atom stereocenters. The highest BCUT2D eigenvalue weighted by Crippen LogP contribution is 2.24. The molecule has 0 amide bonds. The molecule has 0 aliphatic carbocycles. The SMILES string of the molecule is Cc1ccc(S(=O)(=O)O)cc1.FC(F)(F)Oc1ccc(C=Cc2nc(COc3ccc(COCCn4ccnn4)cc3)cs2)cc1. The molecule has 15 heteroatoms.